The minimum atomic E-state index is -0.561. The predicted molar refractivity (Wildman–Crippen MR) is 117 cm³/mol. The summed E-state index contributed by atoms with van der Waals surface area (Å²) in [6, 6.07) is 3.52. The molecule has 0 aliphatic carbocycles. The molecule has 0 unspecified atom stereocenters. The smallest absolute Gasteiger partial charge is 0.330 e. The molecule has 0 aliphatic heterocycles. The van der Waals surface area contributed by atoms with Crippen LogP contribution in [-0.2, 0) is 6.54 Å². The third-order valence-corrected chi connectivity index (χ3v) is 3.65. The number of aryl methyl sites for hydroxylation is 1. The number of pyridine rings is 1. The van der Waals surface area contributed by atoms with Crippen LogP contribution in [0.1, 0.15) is 72.7 Å². The molecule has 7 nitrogen and oxygen atoms in total. The lowest BCUT2D eigenvalue weighted by atomic mass is 10.3. The van der Waals surface area contributed by atoms with E-state index >= 15 is 0 Å². The van der Waals surface area contributed by atoms with Crippen LogP contribution in [0.15, 0.2) is 39.7 Å². The van der Waals surface area contributed by atoms with E-state index in [1.165, 1.54) is 4.57 Å². The van der Waals surface area contributed by atoms with Gasteiger partial charge in [0, 0.05) is 17.9 Å². The second-order valence-corrected chi connectivity index (χ2v) is 5.97. The largest absolute Gasteiger partial charge is 0.355 e. The van der Waals surface area contributed by atoms with Crippen LogP contribution >= 0.6 is 0 Å². The average molecular weight is 390 g/mol. The molecule has 156 valence electrons. The number of nitrogens with zero attached hydrogens (tertiary/aromatic N) is 4. The number of hydrogen-bond donors (Lipinski definition) is 1. The van der Waals surface area contributed by atoms with Gasteiger partial charge in [-0.1, -0.05) is 39.8 Å². The first-order valence-electron chi connectivity index (χ1n) is 9.88. The Morgan fingerprint density at radius 1 is 1.18 bits per heavy atom. The van der Waals surface area contributed by atoms with E-state index in [1.54, 1.807) is 20.0 Å². The van der Waals surface area contributed by atoms with Crippen molar-refractivity contribution >= 4 is 5.95 Å². The topological polar surface area (TPSA) is 81.8 Å². The van der Waals surface area contributed by atoms with Crippen LogP contribution in [0.3, 0.4) is 0 Å². The maximum atomic E-state index is 12.8. The molecule has 0 aromatic carbocycles. The van der Waals surface area contributed by atoms with Crippen molar-refractivity contribution in [3.8, 4) is 0 Å². The van der Waals surface area contributed by atoms with Crippen LogP contribution in [0.5, 0.6) is 0 Å². The Morgan fingerprint density at radius 3 is 2.25 bits per heavy atom. The second-order valence-electron chi connectivity index (χ2n) is 5.97. The Hall–Kier alpha value is -2.70. The van der Waals surface area contributed by atoms with Gasteiger partial charge < -0.3 is 5.32 Å². The van der Waals surface area contributed by atoms with Gasteiger partial charge in [-0.05, 0) is 46.2 Å². The first-order chi connectivity index (χ1) is 13.3. The molecule has 2 rings (SSSR count). The summed E-state index contributed by atoms with van der Waals surface area (Å²) in [6.07, 6.45) is 3.59. The fourth-order valence-corrected chi connectivity index (χ4v) is 2.19. The third-order valence-electron chi connectivity index (χ3n) is 3.65. The summed E-state index contributed by atoms with van der Waals surface area (Å²) in [6.45, 7) is 17.5. The minimum Gasteiger partial charge on any atom is -0.330 e. The Balaban J connectivity index is 0.00000171. The monoisotopic (exact) mass is 389 g/mol. The van der Waals surface area contributed by atoms with E-state index < -0.39 is 11.4 Å². The summed E-state index contributed by atoms with van der Waals surface area (Å²) in [5, 5.41) is 3.01. The molecule has 0 atom stereocenters. The van der Waals surface area contributed by atoms with Crippen molar-refractivity contribution in [2.75, 3.05) is 5.32 Å². The highest BCUT2D eigenvalue weighted by atomic mass is 16.2. The normalized spacial score (nSPS) is 10.6. The maximum absolute atomic E-state index is 12.8. The standard InChI is InChI=1S/C17H23N5O2.2C2H6/c1-6-13(5)19-15-20-16(23)22(11(2)3)17(24)21(15)10-14-8-7-12(4)9-18-14;2*1-2/h6-9,11H,10H2,1-5H3,(H,19,20,23);2*1-2H3/b13-6+;;. The van der Waals surface area contributed by atoms with Gasteiger partial charge in [-0.15, -0.1) is 0 Å². The van der Waals surface area contributed by atoms with Crippen LogP contribution in [0, 0.1) is 6.92 Å². The van der Waals surface area contributed by atoms with Gasteiger partial charge in [0.15, 0.2) is 0 Å². The van der Waals surface area contributed by atoms with Crippen LogP contribution < -0.4 is 16.7 Å². The van der Waals surface area contributed by atoms with Crippen molar-refractivity contribution in [2.24, 2.45) is 0 Å². The molecule has 2 aromatic rings. The number of hydrogen-bond acceptors (Lipinski definition) is 5. The Morgan fingerprint density at radius 2 is 1.79 bits per heavy atom. The molecule has 0 saturated carbocycles. The molecule has 2 aromatic heterocycles. The van der Waals surface area contributed by atoms with Gasteiger partial charge >= 0.3 is 11.4 Å². The van der Waals surface area contributed by atoms with Gasteiger partial charge in [0.1, 0.15) is 0 Å². The highest BCUT2D eigenvalue weighted by Gasteiger charge is 2.16. The molecule has 1 N–H and O–H groups in total. The SMILES string of the molecule is C/C=C(\C)Nc1nc(=O)n(C(C)C)c(=O)n1Cc1ccc(C)cn1.CC.CC. The summed E-state index contributed by atoms with van der Waals surface area (Å²) in [4.78, 5) is 33.4. The summed E-state index contributed by atoms with van der Waals surface area (Å²) in [5.74, 6) is 0.222. The fourth-order valence-electron chi connectivity index (χ4n) is 2.19. The van der Waals surface area contributed by atoms with E-state index in [2.05, 4.69) is 15.3 Å². The number of anilines is 1. The minimum absolute atomic E-state index is 0.222. The first-order valence-corrected chi connectivity index (χ1v) is 9.88. The maximum Gasteiger partial charge on any atom is 0.355 e. The number of aromatic nitrogens is 4. The van der Waals surface area contributed by atoms with Crippen LogP contribution in [0.25, 0.3) is 0 Å². The molecule has 2 heterocycles. The number of nitrogens with one attached hydrogen (secondary N) is 1. The van der Waals surface area contributed by atoms with E-state index in [-0.39, 0.29) is 18.5 Å². The molecule has 0 saturated heterocycles. The zero-order chi connectivity index (χ0) is 21.9. The van der Waals surface area contributed by atoms with Crippen molar-refractivity contribution in [2.45, 2.75) is 74.9 Å². The van der Waals surface area contributed by atoms with E-state index in [1.807, 2.05) is 66.7 Å². The number of allylic oxidation sites excluding steroid dienone is 2. The highest BCUT2D eigenvalue weighted by Crippen LogP contribution is 2.08. The molecule has 0 fully saturated rings. The van der Waals surface area contributed by atoms with Gasteiger partial charge in [0.2, 0.25) is 5.95 Å². The van der Waals surface area contributed by atoms with Gasteiger partial charge in [-0.25, -0.2) is 14.2 Å². The Bertz CT molecular complexity index is 862. The van der Waals surface area contributed by atoms with E-state index in [9.17, 15) is 9.59 Å². The van der Waals surface area contributed by atoms with Crippen molar-refractivity contribution < 1.29 is 0 Å². The van der Waals surface area contributed by atoms with Crippen molar-refractivity contribution in [3.05, 3.63) is 62.3 Å². The van der Waals surface area contributed by atoms with Crippen LogP contribution in [-0.4, -0.2) is 19.1 Å². The van der Waals surface area contributed by atoms with Crippen molar-refractivity contribution in [3.63, 3.8) is 0 Å². The lowest BCUT2D eigenvalue weighted by molar-refractivity contribution is 0.495. The molecule has 28 heavy (non-hydrogen) atoms. The highest BCUT2D eigenvalue weighted by molar-refractivity contribution is 5.33. The van der Waals surface area contributed by atoms with Crippen LogP contribution in [0.4, 0.5) is 5.95 Å². The average Bonchev–Trinajstić information content (AvgIpc) is 2.69. The third kappa shape index (κ3) is 6.79. The van der Waals surface area contributed by atoms with Crippen LogP contribution in [0.2, 0.25) is 0 Å². The lowest BCUT2D eigenvalue weighted by Crippen LogP contribution is -2.43. The van der Waals surface area contributed by atoms with E-state index in [4.69, 9.17) is 0 Å². The molecular formula is C21H35N5O2. The summed E-state index contributed by atoms with van der Waals surface area (Å²) in [5.41, 5.74) is 1.60. The second kappa shape index (κ2) is 12.6. The van der Waals surface area contributed by atoms with E-state index in [0.717, 1.165) is 21.5 Å². The molecule has 0 spiro atoms. The number of rotatable bonds is 5. The summed E-state index contributed by atoms with van der Waals surface area (Å²) in [7, 11) is 0. The first kappa shape index (κ1) is 25.3. The molecule has 0 bridgehead atoms. The molecule has 7 heteroatoms. The Kier molecular flexibility index (Phi) is 11.4. The molecule has 0 aliphatic rings. The van der Waals surface area contributed by atoms with Gasteiger partial charge in [-0.2, -0.15) is 4.98 Å². The summed E-state index contributed by atoms with van der Waals surface area (Å²) >= 11 is 0. The summed E-state index contributed by atoms with van der Waals surface area (Å²) < 4.78 is 2.58. The van der Waals surface area contributed by atoms with Gasteiger partial charge in [0.25, 0.3) is 0 Å². The van der Waals surface area contributed by atoms with Gasteiger partial charge in [-0.3, -0.25) is 9.55 Å². The molecule has 0 radical (unpaired) electrons. The van der Waals surface area contributed by atoms with Crippen molar-refractivity contribution in [1.29, 1.82) is 0 Å². The zero-order valence-electron chi connectivity index (χ0n) is 18.7. The fraction of sp³-hybridized carbons (Fsp3) is 0.524. The predicted octanol–water partition coefficient (Wildman–Crippen LogP) is 4.13. The quantitative estimate of drug-likeness (QED) is 0.831. The van der Waals surface area contributed by atoms with E-state index in [0.29, 0.717) is 0 Å². The van der Waals surface area contributed by atoms with Crippen molar-refractivity contribution in [1.82, 2.24) is 19.1 Å². The lowest BCUT2D eigenvalue weighted by Gasteiger charge is -2.17. The molecule has 0 amide bonds. The molecular weight excluding hydrogens is 354 g/mol. The van der Waals surface area contributed by atoms with Gasteiger partial charge in [0.05, 0.1) is 12.2 Å². The zero-order valence-corrected chi connectivity index (χ0v) is 18.7. The Labute approximate surface area is 168 Å².